The quantitative estimate of drug-likeness (QED) is 0.498. The zero-order chi connectivity index (χ0) is 14.8. The maximum atomic E-state index is 11.7. The Labute approximate surface area is 119 Å². The van der Waals surface area contributed by atoms with Crippen molar-refractivity contribution in [3.05, 3.63) is 42.5 Å². The molecule has 0 heterocycles. The molecule has 0 unspecified atom stereocenters. The van der Waals surface area contributed by atoms with Gasteiger partial charge in [-0.3, -0.25) is 9.59 Å². The molecule has 0 atom stereocenters. The Bertz CT molecular complexity index is 455. The van der Waals surface area contributed by atoms with E-state index >= 15 is 0 Å². The van der Waals surface area contributed by atoms with Gasteiger partial charge in [0.05, 0.1) is 0 Å². The molecule has 1 rings (SSSR count). The van der Waals surface area contributed by atoms with Gasteiger partial charge in [-0.25, -0.2) is 0 Å². The zero-order valence-electron chi connectivity index (χ0n) is 11.7. The zero-order valence-corrected chi connectivity index (χ0v) is 11.7. The molecule has 0 aliphatic rings. The number of carbonyl (C=O) groups is 2. The molecule has 0 radical (unpaired) electrons. The van der Waals surface area contributed by atoms with Crippen LogP contribution in [0.1, 0.15) is 23.2 Å². The van der Waals surface area contributed by atoms with Gasteiger partial charge in [0, 0.05) is 24.2 Å². The molecule has 5 nitrogen and oxygen atoms in total. The third-order valence-corrected chi connectivity index (χ3v) is 2.67. The van der Waals surface area contributed by atoms with Crippen LogP contribution in [-0.4, -0.2) is 32.0 Å². The van der Waals surface area contributed by atoms with Crippen molar-refractivity contribution in [1.29, 1.82) is 0 Å². The second-order valence-electron chi connectivity index (χ2n) is 4.33. The minimum Gasteiger partial charge on any atom is -0.349 e. The highest BCUT2D eigenvalue weighted by Crippen LogP contribution is 2.10. The van der Waals surface area contributed by atoms with Crippen LogP contribution < -0.4 is 16.0 Å². The first-order valence-electron chi connectivity index (χ1n) is 6.61. The van der Waals surface area contributed by atoms with Gasteiger partial charge in [0.25, 0.3) is 5.91 Å². The summed E-state index contributed by atoms with van der Waals surface area (Å²) in [6.07, 6.45) is 2.89. The summed E-state index contributed by atoms with van der Waals surface area (Å²) >= 11 is 0. The van der Waals surface area contributed by atoms with Gasteiger partial charge in [0.2, 0.25) is 5.91 Å². The number of hydrogen-bond acceptors (Lipinski definition) is 3. The summed E-state index contributed by atoms with van der Waals surface area (Å²) in [6.45, 7) is 4.79. The summed E-state index contributed by atoms with van der Waals surface area (Å²) in [5.74, 6) is -0.180. The number of nitrogens with one attached hydrogen (secondary N) is 3. The van der Waals surface area contributed by atoms with Crippen molar-refractivity contribution in [3.8, 4) is 0 Å². The Morgan fingerprint density at radius 1 is 1.25 bits per heavy atom. The van der Waals surface area contributed by atoms with Crippen LogP contribution in [0.3, 0.4) is 0 Å². The minimum absolute atomic E-state index is 0.0240. The molecule has 2 amide bonds. The normalized spacial score (nSPS) is 9.85. The fourth-order valence-electron chi connectivity index (χ4n) is 1.62. The largest absolute Gasteiger partial charge is 0.349 e. The van der Waals surface area contributed by atoms with Crippen LogP contribution in [-0.2, 0) is 4.79 Å². The van der Waals surface area contributed by atoms with Crippen LogP contribution in [0.25, 0.3) is 0 Å². The lowest BCUT2D eigenvalue weighted by atomic mass is 10.2. The first-order chi connectivity index (χ1) is 9.67. The highest BCUT2D eigenvalue weighted by molar-refractivity contribution is 5.95. The van der Waals surface area contributed by atoms with E-state index in [1.807, 2.05) is 7.05 Å². The molecule has 0 saturated carbocycles. The van der Waals surface area contributed by atoms with Crippen molar-refractivity contribution < 1.29 is 9.59 Å². The summed E-state index contributed by atoms with van der Waals surface area (Å²) in [6, 6.07) is 6.81. The summed E-state index contributed by atoms with van der Waals surface area (Å²) in [5.41, 5.74) is 1.25. The van der Waals surface area contributed by atoms with Gasteiger partial charge in [-0.15, -0.1) is 6.58 Å². The third-order valence-electron chi connectivity index (χ3n) is 2.67. The van der Waals surface area contributed by atoms with Crippen molar-refractivity contribution in [3.63, 3.8) is 0 Å². The van der Waals surface area contributed by atoms with E-state index in [-0.39, 0.29) is 11.8 Å². The van der Waals surface area contributed by atoms with Crippen LogP contribution in [0, 0.1) is 0 Å². The Balaban J connectivity index is 2.47. The molecule has 0 aromatic heterocycles. The lowest BCUT2D eigenvalue weighted by Crippen LogP contribution is -2.23. The van der Waals surface area contributed by atoms with Crippen LogP contribution >= 0.6 is 0 Å². The summed E-state index contributed by atoms with van der Waals surface area (Å²) in [4.78, 5) is 23.3. The fraction of sp³-hybridized carbons (Fsp3) is 0.333. The van der Waals surface area contributed by atoms with Crippen LogP contribution in [0.2, 0.25) is 0 Å². The van der Waals surface area contributed by atoms with Gasteiger partial charge in [-0.2, -0.15) is 0 Å². The molecule has 0 fully saturated rings. The van der Waals surface area contributed by atoms with E-state index in [0.29, 0.717) is 24.2 Å². The summed E-state index contributed by atoms with van der Waals surface area (Å²) in [5, 5.41) is 8.48. The van der Waals surface area contributed by atoms with Crippen LogP contribution in [0.15, 0.2) is 36.9 Å². The van der Waals surface area contributed by atoms with E-state index in [2.05, 4.69) is 22.5 Å². The highest BCUT2D eigenvalue weighted by atomic mass is 16.2. The molecule has 0 aliphatic carbocycles. The first kappa shape index (κ1) is 15.9. The molecule has 5 heteroatoms. The van der Waals surface area contributed by atoms with Gasteiger partial charge in [0.1, 0.15) is 0 Å². The summed E-state index contributed by atoms with van der Waals surface area (Å²) in [7, 11) is 1.86. The molecule has 1 aromatic carbocycles. The molecule has 20 heavy (non-hydrogen) atoms. The van der Waals surface area contributed by atoms with Gasteiger partial charge in [-0.1, -0.05) is 6.08 Å². The molecular formula is C15H21N3O2. The fourth-order valence-corrected chi connectivity index (χ4v) is 1.62. The van der Waals surface area contributed by atoms with E-state index in [0.717, 1.165) is 13.0 Å². The summed E-state index contributed by atoms with van der Waals surface area (Å²) < 4.78 is 0. The number of rotatable bonds is 8. The average molecular weight is 275 g/mol. The van der Waals surface area contributed by atoms with Gasteiger partial charge >= 0.3 is 0 Å². The van der Waals surface area contributed by atoms with E-state index in [9.17, 15) is 9.59 Å². The Morgan fingerprint density at radius 2 is 1.95 bits per heavy atom. The number of anilines is 1. The topological polar surface area (TPSA) is 70.2 Å². The first-order valence-corrected chi connectivity index (χ1v) is 6.61. The third kappa shape index (κ3) is 5.67. The Hall–Kier alpha value is -2.14. The SMILES string of the molecule is C=CCNC(=O)c1ccc(NC(=O)CCCNC)cc1. The van der Waals surface area contributed by atoms with Crippen molar-refractivity contribution >= 4 is 17.5 Å². The number of carbonyl (C=O) groups excluding carboxylic acids is 2. The van der Waals surface area contributed by atoms with E-state index in [1.54, 1.807) is 30.3 Å². The maximum Gasteiger partial charge on any atom is 0.251 e. The second kappa shape index (κ2) is 8.87. The van der Waals surface area contributed by atoms with E-state index < -0.39 is 0 Å². The van der Waals surface area contributed by atoms with E-state index in [4.69, 9.17) is 0 Å². The lowest BCUT2D eigenvalue weighted by molar-refractivity contribution is -0.116. The number of hydrogen-bond donors (Lipinski definition) is 3. The van der Waals surface area contributed by atoms with Crippen LogP contribution in [0.5, 0.6) is 0 Å². The van der Waals surface area contributed by atoms with Crippen LogP contribution in [0.4, 0.5) is 5.69 Å². The predicted molar refractivity (Wildman–Crippen MR) is 80.8 cm³/mol. The molecule has 108 valence electrons. The lowest BCUT2D eigenvalue weighted by Gasteiger charge is -2.06. The van der Waals surface area contributed by atoms with Gasteiger partial charge in [0.15, 0.2) is 0 Å². The molecular weight excluding hydrogens is 254 g/mol. The van der Waals surface area contributed by atoms with Gasteiger partial charge < -0.3 is 16.0 Å². The van der Waals surface area contributed by atoms with Crippen molar-refractivity contribution in [2.45, 2.75) is 12.8 Å². The standard InChI is InChI=1S/C15H21N3O2/c1-3-10-17-15(20)12-6-8-13(9-7-12)18-14(19)5-4-11-16-2/h3,6-9,16H,1,4-5,10-11H2,2H3,(H,17,20)(H,18,19). The second-order valence-corrected chi connectivity index (χ2v) is 4.33. The molecule has 0 bridgehead atoms. The molecule has 1 aromatic rings. The molecule has 0 aliphatic heterocycles. The monoisotopic (exact) mass is 275 g/mol. The van der Waals surface area contributed by atoms with Crippen molar-refractivity contribution in [2.24, 2.45) is 0 Å². The van der Waals surface area contributed by atoms with Crippen molar-refractivity contribution in [2.75, 3.05) is 25.5 Å². The number of amides is 2. The smallest absolute Gasteiger partial charge is 0.251 e. The highest BCUT2D eigenvalue weighted by Gasteiger charge is 2.05. The molecule has 3 N–H and O–H groups in total. The molecule has 0 saturated heterocycles. The Morgan fingerprint density at radius 3 is 2.55 bits per heavy atom. The minimum atomic E-state index is -0.156. The molecule has 0 spiro atoms. The maximum absolute atomic E-state index is 11.7. The van der Waals surface area contributed by atoms with E-state index in [1.165, 1.54) is 0 Å². The Kier molecular flexibility index (Phi) is 7.06. The predicted octanol–water partition coefficient (Wildman–Crippen LogP) is 1.54. The van der Waals surface area contributed by atoms with Gasteiger partial charge in [-0.05, 0) is 44.3 Å². The number of benzene rings is 1. The van der Waals surface area contributed by atoms with Crippen molar-refractivity contribution in [1.82, 2.24) is 10.6 Å². The average Bonchev–Trinajstić information content (AvgIpc) is 2.46.